The van der Waals surface area contributed by atoms with E-state index < -0.39 is 11.9 Å². The summed E-state index contributed by atoms with van der Waals surface area (Å²) >= 11 is 3.91. The average Bonchev–Trinajstić information content (AvgIpc) is 2.59. The first-order valence-corrected chi connectivity index (χ1v) is 10.1. The molecule has 1 heterocycles. The first kappa shape index (κ1) is 18.2. The average molecular weight is 353 g/mol. The summed E-state index contributed by atoms with van der Waals surface area (Å²) in [5.41, 5.74) is 7.21. The lowest BCUT2D eigenvalue weighted by Crippen LogP contribution is -2.48. The maximum absolute atomic E-state index is 12.3. The van der Waals surface area contributed by atoms with Crippen molar-refractivity contribution in [3.05, 3.63) is 35.4 Å². The molecule has 4 nitrogen and oxygen atoms in total. The summed E-state index contributed by atoms with van der Waals surface area (Å²) in [6.45, 7) is 3.89. The molecule has 1 fully saturated rings. The number of rotatable bonds is 6. The second-order valence-corrected chi connectivity index (χ2v) is 8.51. The highest BCUT2D eigenvalue weighted by Gasteiger charge is 2.24. The van der Waals surface area contributed by atoms with E-state index in [0.29, 0.717) is 10.1 Å². The van der Waals surface area contributed by atoms with Gasteiger partial charge in [0.15, 0.2) is 0 Å². The van der Waals surface area contributed by atoms with Gasteiger partial charge in [-0.2, -0.15) is 0 Å². The molecule has 2 unspecified atom stereocenters. The third-order valence-corrected chi connectivity index (χ3v) is 7.09. The van der Waals surface area contributed by atoms with Crippen LogP contribution in [0, 0.1) is 5.92 Å². The van der Waals surface area contributed by atoms with Crippen LogP contribution < -0.4 is 11.1 Å². The van der Waals surface area contributed by atoms with E-state index in [1.807, 2.05) is 61.6 Å². The number of hydrogen-bond donors (Lipinski definition) is 2. The van der Waals surface area contributed by atoms with E-state index in [4.69, 9.17) is 5.73 Å². The van der Waals surface area contributed by atoms with Crippen LogP contribution in [0.4, 0.5) is 0 Å². The highest BCUT2D eigenvalue weighted by molar-refractivity contribution is 8.16. The standard InChI is InChI=1S/C17H24N2O2S2/c1-3-11(2)14(15(18)20)19-16(21)12-5-7-13(8-6-12)17-22-9-4-10-23-17/h5-8,11,14,17H,3-4,9-10H2,1-2H3,(H2,18,20)(H,19,21). The van der Waals surface area contributed by atoms with Gasteiger partial charge in [-0.05, 0) is 41.5 Å². The molecule has 6 heteroatoms. The Hall–Kier alpha value is -1.14. The molecule has 3 N–H and O–H groups in total. The zero-order chi connectivity index (χ0) is 16.8. The summed E-state index contributed by atoms with van der Waals surface area (Å²) in [6, 6.07) is 7.04. The Morgan fingerprint density at radius 2 is 1.87 bits per heavy atom. The number of primary amides is 1. The zero-order valence-corrected chi connectivity index (χ0v) is 15.2. The molecule has 0 saturated carbocycles. The van der Waals surface area contributed by atoms with Gasteiger partial charge in [0, 0.05) is 5.56 Å². The Morgan fingerprint density at radius 1 is 1.26 bits per heavy atom. The van der Waals surface area contributed by atoms with Crippen LogP contribution in [0.25, 0.3) is 0 Å². The molecule has 0 aromatic heterocycles. The van der Waals surface area contributed by atoms with Gasteiger partial charge in [0.2, 0.25) is 5.91 Å². The van der Waals surface area contributed by atoms with Crippen molar-refractivity contribution in [1.29, 1.82) is 0 Å². The predicted molar refractivity (Wildman–Crippen MR) is 98.6 cm³/mol. The summed E-state index contributed by atoms with van der Waals surface area (Å²) in [6.07, 6.45) is 2.04. The van der Waals surface area contributed by atoms with E-state index >= 15 is 0 Å². The van der Waals surface area contributed by atoms with E-state index in [0.717, 1.165) is 6.42 Å². The fraction of sp³-hybridized carbons (Fsp3) is 0.529. The molecule has 2 amide bonds. The number of nitrogens with one attached hydrogen (secondary N) is 1. The summed E-state index contributed by atoms with van der Waals surface area (Å²) in [4.78, 5) is 23.9. The molecule has 1 saturated heterocycles. The molecular weight excluding hydrogens is 328 g/mol. The van der Waals surface area contributed by atoms with Crippen LogP contribution in [-0.2, 0) is 4.79 Å². The van der Waals surface area contributed by atoms with Gasteiger partial charge in [-0.3, -0.25) is 9.59 Å². The molecule has 0 bridgehead atoms. The topological polar surface area (TPSA) is 72.2 Å². The predicted octanol–water partition coefficient (Wildman–Crippen LogP) is 3.19. The Balaban J connectivity index is 2.03. The molecule has 1 aliphatic heterocycles. The lowest BCUT2D eigenvalue weighted by atomic mass is 9.98. The molecule has 2 rings (SSSR count). The molecular formula is C17H24N2O2S2. The summed E-state index contributed by atoms with van der Waals surface area (Å²) in [5.74, 6) is 1.67. The molecule has 0 aliphatic carbocycles. The minimum absolute atomic E-state index is 0.0192. The number of benzene rings is 1. The SMILES string of the molecule is CCC(C)C(NC(=O)c1ccc(C2SCCCS2)cc1)C(N)=O. The molecule has 0 radical (unpaired) electrons. The molecule has 23 heavy (non-hydrogen) atoms. The van der Waals surface area contributed by atoms with E-state index in [9.17, 15) is 9.59 Å². The normalized spacial score (nSPS) is 18.2. The minimum atomic E-state index is -0.628. The second kappa shape index (κ2) is 8.64. The Labute approximate surface area is 146 Å². The van der Waals surface area contributed by atoms with Crippen molar-refractivity contribution in [2.24, 2.45) is 11.7 Å². The summed E-state index contributed by atoms with van der Waals surface area (Å²) < 4.78 is 0.458. The molecule has 2 atom stereocenters. The fourth-order valence-corrected chi connectivity index (χ4v) is 5.32. The van der Waals surface area contributed by atoms with Gasteiger partial charge in [-0.1, -0.05) is 32.4 Å². The van der Waals surface area contributed by atoms with Crippen molar-refractivity contribution >= 4 is 35.3 Å². The van der Waals surface area contributed by atoms with Crippen LogP contribution in [0.2, 0.25) is 0 Å². The van der Waals surface area contributed by atoms with E-state index in [1.165, 1.54) is 23.5 Å². The molecule has 1 aromatic rings. The minimum Gasteiger partial charge on any atom is -0.368 e. The number of amides is 2. The van der Waals surface area contributed by atoms with Crippen LogP contribution in [0.3, 0.4) is 0 Å². The summed E-state index contributed by atoms with van der Waals surface area (Å²) in [5, 5.41) is 2.76. The number of nitrogens with two attached hydrogens (primary N) is 1. The van der Waals surface area contributed by atoms with Gasteiger partial charge in [0.25, 0.3) is 5.91 Å². The van der Waals surface area contributed by atoms with Crippen LogP contribution in [-0.4, -0.2) is 29.4 Å². The molecule has 0 spiro atoms. The van der Waals surface area contributed by atoms with Crippen LogP contribution in [0.5, 0.6) is 0 Å². The third kappa shape index (κ3) is 4.91. The number of thioether (sulfide) groups is 2. The highest BCUT2D eigenvalue weighted by atomic mass is 32.2. The van der Waals surface area contributed by atoms with Crippen molar-refractivity contribution in [2.75, 3.05) is 11.5 Å². The first-order chi connectivity index (χ1) is 11.0. The molecule has 1 aliphatic rings. The third-order valence-electron chi connectivity index (χ3n) is 4.08. The summed E-state index contributed by atoms with van der Waals surface area (Å²) in [7, 11) is 0. The van der Waals surface area contributed by atoms with Crippen molar-refractivity contribution in [3.63, 3.8) is 0 Å². The lowest BCUT2D eigenvalue weighted by molar-refractivity contribution is -0.120. The lowest BCUT2D eigenvalue weighted by Gasteiger charge is -2.22. The van der Waals surface area contributed by atoms with Gasteiger partial charge >= 0.3 is 0 Å². The van der Waals surface area contributed by atoms with Gasteiger partial charge in [-0.25, -0.2) is 0 Å². The Kier molecular flexibility index (Phi) is 6.84. The Morgan fingerprint density at radius 3 is 2.39 bits per heavy atom. The second-order valence-electron chi connectivity index (χ2n) is 5.79. The van der Waals surface area contributed by atoms with E-state index in [-0.39, 0.29) is 11.8 Å². The fourth-order valence-electron chi connectivity index (χ4n) is 2.43. The highest BCUT2D eigenvalue weighted by Crippen LogP contribution is 2.43. The van der Waals surface area contributed by atoms with E-state index in [1.54, 1.807) is 0 Å². The van der Waals surface area contributed by atoms with Crippen LogP contribution in [0.1, 0.15) is 47.2 Å². The Bertz CT molecular complexity index is 542. The number of hydrogen-bond acceptors (Lipinski definition) is 4. The van der Waals surface area contributed by atoms with Gasteiger partial charge in [0.05, 0.1) is 4.58 Å². The smallest absolute Gasteiger partial charge is 0.251 e. The quantitative estimate of drug-likeness (QED) is 0.825. The monoisotopic (exact) mass is 352 g/mol. The van der Waals surface area contributed by atoms with Crippen molar-refractivity contribution < 1.29 is 9.59 Å². The van der Waals surface area contributed by atoms with Crippen LogP contribution in [0.15, 0.2) is 24.3 Å². The van der Waals surface area contributed by atoms with Gasteiger partial charge in [-0.15, -0.1) is 23.5 Å². The van der Waals surface area contributed by atoms with Gasteiger partial charge < -0.3 is 11.1 Å². The number of carbonyl (C=O) groups excluding carboxylic acids is 2. The van der Waals surface area contributed by atoms with E-state index in [2.05, 4.69) is 5.32 Å². The van der Waals surface area contributed by atoms with Crippen LogP contribution >= 0.6 is 23.5 Å². The maximum atomic E-state index is 12.3. The first-order valence-electron chi connectivity index (χ1n) is 7.96. The zero-order valence-electron chi connectivity index (χ0n) is 13.6. The largest absolute Gasteiger partial charge is 0.368 e. The number of carbonyl (C=O) groups is 2. The van der Waals surface area contributed by atoms with Crippen molar-refractivity contribution in [2.45, 2.75) is 37.3 Å². The van der Waals surface area contributed by atoms with Crippen molar-refractivity contribution in [1.82, 2.24) is 5.32 Å². The molecule has 1 aromatic carbocycles. The maximum Gasteiger partial charge on any atom is 0.251 e. The van der Waals surface area contributed by atoms with Crippen molar-refractivity contribution in [3.8, 4) is 0 Å². The van der Waals surface area contributed by atoms with Gasteiger partial charge in [0.1, 0.15) is 6.04 Å². The molecule has 126 valence electrons.